The fourth-order valence-electron chi connectivity index (χ4n) is 1.29. The summed E-state index contributed by atoms with van der Waals surface area (Å²) in [6, 6.07) is 5.55. The number of carbonyl (C=O) groups is 1. The molecule has 0 spiro atoms. The molecule has 0 aromatic heterocycles. The van der Waals surface area contributed by atoms with Crippen LogP contribution in [0.5, 0.6) is 5.75 Å². The summed E-state index contributed by atoms with van der Waals surface area (Å²) in [7, 11) is 0. The Morgan fingerprint density at radius 2 is 2.24 bits per heavy atom. The van der Waals surface area contributed by atoms with Crippen LogP contribution in [0.25, 0.3) is 0 Å². The first kappa shape index (κ1) is 13.8. The Kier molecular flexibility index (Phi) is 5.29. The number of benzene rings is 1. The molecule has 1 aromatic carbocycles. The predicted molar refractivity (Wildman–Crippen MR) is 69.6 cm³/mol. The second-order valence-corrected chi connectivity index (χ2v) is 4.51. The molecule has 0 bridgehead atoms. The van der Waals surface area contributed by atoms with Gasteiger partial charge in [0.1, 0.15) is 5.75 Å². The van der Waals surface area contributed by atoms with Crippen LogP contribution < -0.4 is 10.1 Å². The van der Waals surface area contributed by atoms with Crippen molar-refractivity contribution in [1.82, 2.24) is 5.32 Å². The molecule has 0 aliphatic rings. The van der Waals surface area contributed by atoms with Gasteiger partial charge in [-0.15, -0.1) is 0 Å². The quantitative estimate of drug-likeness (QED) is 0.879. The first-order valence-corrected chi connectivity index (χ1v) is 6.09. The fraction of sp³-hybridized carbons (Fsp3) is 0.462. The van der Waals surface area contributed by atoms with Gasteiger partial charge >= 0.3 is 0 Å². The highest BCUT2D eigenvalue weighted by atomic mass is 35.5. The van der Waals surface area contributed by atoms with E-state index in [9.17, 15) is 4.79 Å². The summed E-state index contributed by atoms with van der Waals surface area (Å²) >= 11 is 5.86. The molecule has 1 N–H and O–H groups in total. The summed E-state index contributed by atoms with van der Waals surface area (Å²) in [5.74, 6) is 0.538. The molecule has 0 fully saturated rings. The lowest BCUT2D eigenvalue weighted by Crippen LogP contribution is -2.35. The van der Waals surface area contributed by atoms with Crippen LogP contribution in [0.3, 0.4) is 0 Å². The maximum Gasteiger partial charge on any atom is 0.258 e. The van der Waals surface area contributed by atoms with Gasteiger partial charge in [0.05, 0.1) is 0 Å². The van der Waals surface area contributed by atoms with Crippen molar-refractivity contribution in [2.24, 2.45) is 0 Å². The van der Waals surface area contributed by atoms with Gasteiger partial charge in [0.25, 0.3) is 5.91 Å². The largest absolute Gasteiger partial charge is 0.483 e. The van der Waals surface area contributed by atoms with Gasteiger partial charge in [-0.05, 0) is 38.0 Å². The van der Waals surface area contributed by atoms with Crippen LogP contribution in [0.1, 0.15) is 25.8 Å². The SMILES string of the molecule is CCC(C)NC(=O)COc1cc(Cl)ccc1C. The number of halogens is 1. The van der Waals surface area contributed by atoms with Crippen molar-refractivity contribution in [2.75, 3.05) is 6.61 Å². The van der Waals surface area contributed by atoms with Crippen LogP contribution in [-0.4, -0.2) is 18.6 Å². The van der Waals surface area contributed by atoms with Gasteiger partial charge in [-0.1, -0.05) is 24.6 Å². The number of aryl methyl sites for hydroxylation is 1. The smallest absolute Gasteiger partial charge is 0.258 e. The topological polar surface area (TPSA) is 38.3 Å². The molecular formula is C13H18ClNO2. The second-order valence-electron chi connectivity index (χ2n) is 4.08. The Bertz CT molecular complexity index is 393. The molecule has 4 heteroatoms. The van der Waals surface area contributed by atoms with Crippen molar-refractivity contribution < 1.29 is 9.53 Å². The Labute approximate surface area is 107 Å². The van der Waals surface area contributed by atoms with Gasteiger partial charge in [0.15, 0.2) is 6.61 Å². The number of rotatable bonds is 5. The van der Waals surface area contributed by atoms with Crippen LogP contribution in [0.2, 0.25) is 5.02 Å². The third-order valence-electron chi connectivity index (χ3n) is 2.53. The molecular weight excluding hydrogens is 238 g/mol. The molecule has 1 unspecified atom stereocenters. The van der Waals surface area contributed by atoms with Gasteiger partial charge in [-0.3, -0.25) is 4.79 Å². The minimum atomic E-state index is -0.112. The van der Waals surface area contributed by atoms with E-state index < -0.39 is 0 Å². The summed E-state index contributed by atoms with van der Waals surface area (Å²) < 4.78 is 5.43. The highest BCUT2D eigenvalue weighted by Crippen LogP contribution is 2.22. The lowest BCUT2D eigenvalue weighted by molar-refractivity contribution is -0.123. The molecule has 1 rings (SSSR count). The van der Waals surface area contributed by atoms with Crippen molar-refractivity contribution in [3.8, 4) is 5.75 Å². The van der Waals surface area contributed by atoms with E-state index in [0.29, 0.717) is 10.8 Å². The lowest BCUT2D eigenvalue weighted by atomic mass is 10.2. The Hall–Kier alpha value is -1.22. The zero-order chi connectivity index (χ0) is 12.8. The molecule has 3 nitrogen and oxygen atoms in total. The summed E-state index contributed by atoms with van der Waals surface area (Å²) in [6.45, 7) is 5.92. The number of amides is 1. The third kappa shape index (κ3) is 4.65. The first-order chi connectivity index (χ1) is 8.02. The Morgan fingerprint density at radius 1 is 1.53 bits per heavy atom. The van der Waals surface area contributed by atoms with E-state index in [0.717, 1.165) is 12.0 Å². The van der Waals surface area contributed by atoms with Crippen LogP contribution >= 0.6 is 11.6 Å². The second kappa shape index (κ2) is 6.50. The molecule has 0 saturated carbocycles. The maximum absolute atomic E-state index is 11.5. The molecule has 17 heavy (non-hydrogen) atoms. The van der Waals surface area contributed by atoms with E-state index in [2.05, 4.69) is 5.32 Å². The molecule has 0 radical (unpaired) electrons. The zero-order valence-electron chi connectivity index (χ0n) is 10.4. The summed E-state index contributed by atoms with van der Waals surface area (Å²) in [6.07, 6.45) is 0.905. The van der Waals surface area contributed by atoms with Crippen LogP contribution in [-0.2, 0) is 4.79 Å². The average Bonchev–Trinajstić information content (AvgIpc) is 2.30. The monoisotopic (exact) mass is 255 g/mol. The average molecular weight is 256 g/mol. The standard InChI is InChI=1S/C13H18ClNO2/c1-4-10(3)15-13(16)8-17-12-7-11(14)6-5-9(12)2/h5-7,10H,4,8H2,1-3H3,(H,15,16). The Morgan fingerprint density at radius 3 is 2.88 bits per heavy atom. The normalized spacial score (nSPS) is 12.0. The van der Waals surface area contributed by atoms with E-state index >= 15 is 0 Å². The first-order valence-electron chi connectivity index (χ1n) is 5.71. The molecule has 0 saturated heterocycles. The Balaban J connectivity index is 2.50. The maximum atomic E-state index is 11.5. The molecule has 94 valence electrons. The number of carbonyl (C=O) groups excluding carboxylic acids is 1. The van der Waals surface area contributed by atoms with E-state index in [-0.39, 0.29) is 18.6 Å². The minimum absolute atomic E-state index is 0.0194. The highest BCUT2D eigenvalue weighted by Gasteiger charge is 2.07. The van der Waals surface area contributed by atoms with Gasteiger partial charge in [-0.25, -0.2) is 0 Å². The van der Waals surface area contributed by atoms with Gasteiger partial charge in [-0.2, -0.15) is 0 Å². The third-order valence-corrected chi connectivity index (χ3v) is 2.76. The van der Waals surface area contributed by atoms with Crippen LogP contribution in [0.4, 0.5) is 0 Å². The lowest BCUT2D eigenvalue weighted by Gasteiger charge is -2.13. The molecule has 0 aliphatic heterocycles. The molecule has 1 atom stereocenters. The predicted octanol–water partition coefficient (Wildman–Crippen LogP) is 2.94. The zero-order valence-corrected chi connectivity index (χ0v) is 11.2. The van der Waals surface area contributed by atoms with E-state index in [4.69, 9.17) is 16.3 Å². The van der Waals surface area contributed by atoms with Crippen molar-refractivity contribution in [1.29, 1.82) is 0 Å². The molecule has 0 aliphatic carbocycles. The van der Waals surface area contributed by atoms with E-state index in [1.807, 2.05) is 26.8 Å². The van der Waals surface area contributed by atoms with Crippen LogP contribution in [0, 0.1) is 6.92 Å². The van der Waals surface area contributed by atoms with Crippen molar-refractivity contribution in [3.05, 3.63) is 28.8 Å². The van der Waals surface area contributed by atoms with Crippen molar-refractivity contribution in [3.63, 3.8) is 0 Å². The van der Waals surface area contributed by atoms with Gasteiger partial charge in [0, 0.05) is 11.1 Å². The fourth-order valence-corrected chi connectivity index (χ4v) is 1.45. The highest BCUT2D eigenvalue weighted by molar-refractivity contribution is 6.30. The van der Waals surface area contributed by atoms with Crippen molar-refractivity contribution in [2.45, 2.75) is 33.2 Å². The van der Waals surface area contributed by atoms with Crippen LogP contribution in [0.15, 0.2) is 18.2 Å². The summed E-state index contributed by atoms with van der Waals surface area (Å²) in [5.41, 5.74) is 0.964. The number of ether oxygens (including phenoxy) is 1. The van der Waals surface area contributed by atoms with Gasteiger partial charge in [0.2, 0.25) is 0 Å². The summed E-state index contributed by atoms with van der Waals surface area (Å²) in [5, 5.41) is 3.44. The van der Waals surface area contributed by atoms with Gasteiger partial charge < -0.3 is 10.1 Å². The summed E-state index contributed by atoms with van der Waals surface area (Å²) in [4.78, 5) is 11.5. The molecule has 1 aromatic rings. The minimum Gasteiger partial charge on any atom is -0.483 e. The number of hydrogen-bond donors (Lipinski definition) is 1. The van der Waals surface area contributed by atoms with Crippen molar-refractivity contribution >= 4 is 17.5 Å². The molecule has 1 amide bonds. The molecule has 0 heterocycles. The van der Waals surface area contributed by atoms with E-state index in [1.54, 1.807) is 12.1 Å². The number of nitrogens with one attached hydrogen (secondary N) is 1. The number of hydrogen-bond acceptors (Lipinski definition) is 2. The van der Waals surface area contributed by atoms with E-state index in [1.165, 1.54) is 0 Å².